The quantitative estimate of drug-likeness (QED) is 0.601. The summed E-state index contributed by atoms with van der Waals surface area (Å²) in [5.74, 6) is 2.20. The zero-order valence-electron chi connectivity index (χ0n) is 14.0. The Hall–Kier alpha value is -2.37. The first-order valence-electron chi connectivity index (χ1n) is 7.81. The summed E-state index contributed by atoms with van der Waals surface area (Å²) in [5, 5.41) is 0. The van der Waals surface area contributed by atoms with Gasteiger partial charge in [-0.2, -0.15) is 0 Å². The van der Waals surface area contributed by atoms with Crippen LogP contribution in [0.3, 0.4) is 0 Å². The predicted molar refractivity (Wildman–Crippen MR) is 95.3 cm³/mol. The van der Waals surface area contributed by atoms with Crippen LogP contribution in [0.4, 0.5) is 0 Å². The molecule has 0 spiro atoms. The molecule has 0 saturated carbocycles. The van der Waals surface area contributed by atoms with Gasteiger partial charge in [-0.15, -0.1) is 6.42 Å². The number of hydrogen-bond donors (Lipinski definition) is 0. The highest BCUT2D eigenvalue weighted by Gasteiger charge is 2.42. The van der Waals surface area contributed by atoms with Crippen molar-refractivity contribution in [1.82, 2.24) is 4.90 Å². The number of benzene rings is 2. The summed E-state index contributed by atoms with van der Waals surface area (Å²) in [6.45, 7) is 2.12. The van der Waals surface area contributed by atoms with E-state index in [4.69, 9.17) is 6.42 Å². The summed E-state index contributed by atoms with van der Waals surface area (Å²) in [7, 11) is 4.04. The molecule has 23 heavy (non-hydrogen) atoms. The lowest BCUT2D eigenvalue weighted by atomic mass is 9.67. The SMILES string of the molecule is C#CC(=O)C(C[C@@H](C)N(C)C)(c1ccccc1)c1ccccc1. The van der Waals surface area contributed by atoms with E-state index in [1.165, 1.54) is 0 Å². The Morgan fingerprint density at radius 1 is 1.04 bits per heavy atom. The standard InChI is InChI=1S/C21H23NO/c1-5-20(23)21(16-17(2)22(3)4,18-12-8-6-9-13-18)19-14-10-7-11-15-19/h1,6-15,17H,16H2,2-4H3/t17-/m1/s1. The van der Waals surface area contributed by atoms with Crippen LogP contribution < -0.4 is 0 Å². The minimum absolute atomic E-state index is 0.191. The number of rotatable bonds is 6. The van der Waals surface area contributed by atoms with Crippen molar-refractivity contribution in [2.45, 2.75) is 24.8 Å². The highest BCUT2D eigenvalue weighted by Crippen LogP contribution is 2.38. The van der Waals surface area contributed by atoms with Gasteiger partial charge >= 0.3 is 0 Å². The summed E-state index contributed by atoms with van der Waals surface area (Å²) < 4.78 is 0. The van der Waals surface area contributed by atoms with Gasteiger partial charge in [0.1, 0.15) is 0 Å². The van der Waals surface area contributed by atoms with Gasteiger partial charge in [-0.25, -0.2) is 0 Å². The Balaban J connectivity index is 2.69. The van der Waals surface area contributed by atoms with Gasteiger partial charge in [0.15, 0.2) is 0 Å². The van der Waals surface area contributed by atoms with E-state index in [0.717, 1.165) is 11.1 Å². The largest absolute Gasteiger partial charge is 0.307 e. The van der Waals surface area contributed by atoms with Gasteiger partial charge in [-0.05, 0) is 44.5 Å². The highest BCUT2D eigenvalue weighted by atomic mass is 16.1. The third kappa shape index (κ3) is 3.36. The first kappa shape index (κ1) is 17.0. The smallest absolute Gasteiger partial charge is 0.220 e. The van der Waals surface area contributed by atoms with Gasteiger partial charge in [0, 0.05) is 6.04 Å². The van der Waals surface area contributed by atoms with Gasteiger partial charge in [-0.1, -0.05) is 60.7 Å². The molecule has 0 saturated heterocycles. The van der Waals surface area contributed by atoms with Crippen LogP contribution in [0.25, 0.3) is 0 Å². The summed E-state index contributed by atoms with van der Waals surface area (Å²) in [6.07, 6.45) is 6.21. The Labute approximate surface area is 139 Å². The van der Waals surface area contributed by atoms with E-state index in [1.807, 2.05) is 74.8 Å². The Morgan fingerprint density at radius 2 is 1.48 bits per heavy atom. The van der Waals surface area contributed by atoms with Gasteiger partial charge in [-0.3, -0.25) is 4.79 Å². The second-order valence-electron chi connectivity index (χ2n) is 6.13. The van der Waals surface area contributed by atoms with E-state index < -0.39 is 5.41 Å². The number of carbonyl (C=O) groups is 1. The van der Waals surface area contributed by atoms with E-state index in [1.54, 1.807) is 0 Å². The zero-order chi connectivity index (χ0) is 16.9. The van der Waals surface area contributed by atoms with Crippen molar-refractivity contribution in [3.63, 3.8) is 0 Å². The van der Waals surface area contributed by atoms with Crippen molar-refractivity contribution in [2.24, 2.45) is 0 Å². The Morgan fingerprint density at radius 3 is 1.83 bits per heavy atom. The summed E-state index contributed by atoms with van der Waals surface area (Å²) in [4.78, 5) is 15.1. The number of nitrogens with zero attached hydrogens (tertiary/aromatic N) is 1. The first-order chi connectivity index (χ1) is 11.0. The number of terminal acetylenes is 1. The van der Waals surface area contributed by atoms with E-state index in [2.05, 4.69) is 17.7 Å². The maximum atomic E-state index is 12.9. The second-order valence-corrected chi connectivity index (χ2v) is 6.13. The zero-order valence-corrected chi connectivity index (χ0v) is 14.0. The van der Waals surface area contributed by atoms with Crippen molar-refractivity contribution in [2.75, 3.05) is 14.1 Å². The summed E-state index contributed by atoms with van der Waals surface area (Å²) in [6, 6.07) is 19.9. The highest BCUT2D eigenvalue weighted by molar-refractivity contribution is 6.06. The fourth-order valence-corrected chi connectivity index (χ4v) is 2.95. The topological polar surface area (TPSA) is 20.3 Å². The normalized spacial score (nSPS) is 12.7. The van der Waals surface area contributed by atoms with Crippen LogP contribution in [-0.2, 0) is 10.2 Å². The fourth-order valence-electron chi connectivity index (χ4n) is 2.95. The molecule has 0 fully saturated rings. The molecule has 0 bridgehead atoms. The molecule has 0 N–H and O–H groups in total. The fraction of sp³-hybridized carbons (Fsp3) is 0.286. The van der Waals surface area contributed by atoms with Gasteiger partial charge in [0.25, 0.3) is 0 Å². The average Bonchev–Trinajstić information content (AvgIpc) is 2.60. The third-order valence-corrected chi connectivity index (χ3v) is 4.54. The molecule has 0 amide bonds. The van der Waals surface area contributed by atoms with Gasteiger partial charge in [0.2, 0.25) is 5.78 Å². The molecule has 0 heterocycles. The van der Waals surface area contributed by atoms with Crippen molar-refractivity contribution in [3.05, 3.63) is 71.8 Å². The third-order valence-electron chi connectivity index (χ3n) is 4.54. The molecule has 0 aliphatic heterocycles. The van der Waals surface area contributed by atoms with Crippen LogP contribution >= 0.6 is 0 Å². The minimum Gasteiger partial charge on any atom is -0.307 e. The van der Waals surface area contributed by atoms with E-state index in [9.17, 15) is 4.79 Å². The van der Waals surface area contributed by atoms with E-state index in [-0.39, 0.29) is 11.8 Å². The Bertz CT molecular complexity index is 643. The molecule has 118 valence electrons. The predicted octanol–water partition coefficient (Wildman–Crippen LogP) is 3.52. The molecule has 2 heteroatoms. The number of ketones is 1. The second kappa shape index (κ2) is 7.26. The van der Waals surface area contributed by atoms with Crippen LogP contribution in [0.1, 0.15) is 24.5 Å². The summed E-state index contributed by atoms with van der Waals surface area (Å²) in [5.41, 5.74) is 1.08. The Kier molecular flexibility index (Phi) is 5.36. The lowest BCUT2D eigenvalue weighted by molar-refractivity contribution is -0.118. The first-order valence-corrected chi connectivity index (χ1v) is 7.81. The molecular formula is C21H23NO. The maximum absolute atomic E-state index is 12.9. The molecule has 0 aliphatic carbocycles. The molecule has 0 aromatic heterocycles. The van der Waals surface area contributed by atoms with Crippen LogP contribution in [0.15, 0.2) is 60.7 Å². The van der Waals surface area contributed by atoms with Gasteiger partial charge < -0.3 is 4.90 Å². The molecule has 2 nitrogen and oxygen atoms in total. The van der Waals surface area contributed by atoms with Crippen LogP contribution in [0.5, 0.6) is 0 Å². The van der Waals surface area contributed by atoms with Crippen molar-refractivity contribution >= 4 is 5.78 Å². The molecule has 2 rings (SSSR count). The van der Waals surface area contributed by atoms with Crippen LogP contribution in [0.2, 0.25) is 0 Å². The lowest BCUT2D eigenvalue weighted by Gasteiger charge is -2.36. The van der Waals surface area contributed by atoms with Crippen LogP contribution in [0, 0.1) is 12.3 Å². The monoisotopic (exact) mass is 305 g/mol. The molecule has 0 aliphatic rings. The lowest BCUT2D eigenvalue weighted by Crippen LogP contribution is -2.42. The van der Waals surface area contributed by atoms with Crippen LogP contribution in [-0.4, -0.2) is 30.8 Å². The number of Topliss-reactive ketones (excluding diaryl/α,β-unsaturated/α-hetero) is 1. The molecule has 0 unspecified atom stereocenters. The summed E-state index contributed by atoms with van der Waals surface area (Å²) >= 11 is 0. The number of hydrogen-bond acceptors (Lipinski definition) is 2. The molecule has 0 radical (unpaired) electrons. The van der Waals surface area contributed by atoms with Crippen molar-refractivity contribution < 1.29 is 4.79 Å². The van der Waals surface area contributed by atoms with Gasteiger partial charge in [0.05, 0.1) is 5.41 Å². The molecule has 2 aromatic rings. The van der Waals surface area contributed by atoms with Crippen molar-refractivity contribution in [1.29, 1.82) is 0 Å². The average molecular weight is 305 g/mol. The number of carbonyl (C=O) groups excluding carboxylic acids is 1. The minimum atomic E-state index is -0.818. The molecular weight excluding hydrogens is 282 g/mol. The van der Waals surface area contributed by atoms with Crippen molar-refractivity contribution in [3.8, 4) is 12.3 Å². The molecule has 1 atom stereocenters. The van der Waals surface area contributed by atoms with E-state index >= 15 is 0 Å². The maximum Gasteiger partial charge on any atom is 0.220 e. The van der Waals surface area contributed by atoms with E-state index in [0.29, 0.717) is 6.42 Å². The molecule has 2 aromatic carbocycles.